The molecule has 1 atom stereocenters. The van der Waals surface area contributed by atoms with Gasteiger partial charge in [0.05, 0.1) is 19.8 Å². The molecule has 1 saturated heterocycles. The standard InChI is InChI=1S/C21H24N2O4/c1-4-22(20(24)16-11-8-12-18(26-2)19(16)27-3)17-13-14-23(21(17)25)15-9-6-5-7-10-15/h5-12,17H,4,13-14H2,1-3H3. The van der Waals surface area contributed by atoms with E-state index >= 15 is 0 Å². The van der Waals surface area contributed by atoms with Gasteiger partial charge in [0.1, 0.15) is 6.04 Å². The number of methoxy groups -OCH3 is 2. The van der Waals surface area contributed by atoms with E-state index in [1.807, 2.05) is 37.3 Å². The second-order valence-corrected chi connectivity index (χ2v) is 6.26. The highest BCUT2D eigenvalue weighted by Gasteiger charge is 2.39. The molecule has 27 heavy (non-hydrogen) atoms. The monoisotopic (exact) mass is 368 g/mol. The molecule has 0 radical (unpaired) electrons. The molecule has 0 aliphatic carbocycles. The van der Waals surface area contributed by atoms with Crippen LogP contribution in [0.25, 0.3) is 0 Å². The van der Waals surface area contributed by atoms with Gasteiger partial charge >= 0.3 is 0 Å². The van der Waals surface area contributed by atoms with Crippen molar-refractivity contribution in [3.8, 4) is 11.5 Å². The zero-order chi connectivity index (χ0) is 19.4. The van der Waals surface area contributed by atoms with E-state index in [2.05, 4.69) is 0 Å². The maximum absolute atomic E-state index is 13.2. The third-order valence-electron chi connectivity index (χ3n) is 4.86. The fourth-order valence-electron chi connectivity index (χ4n) is 3.53. The van der Waals surface area contributed by atoms with Crippen LogP contribution in [0.5, 0.6) is 11.5 Å². The first-order chi connectivity index (χ1) is 13.1. The number of likely N-dealkylation sites (N-methyl/N-ethyl adjacent to an activating group) is 1. The van der Waals surface area contributed by atoms with E-state index in [0.29, 0.717) is 36.6 Å². The highest BCUT2D eigenvalue weighted by molar-refractivity contribution is 6.05. The topological polar surface area (TPSA) is 59.1 Å². The summed E-state index contributed by atoms with van der Waals surface area (Å²) in [6.07, 6.45) is 0.597. The predicted molar refractivity (Wildman–Crippen MR) is 103 cm³/mol. The molecule has 0 bridgehead atoms. The quantitative estimate of drug-likeness (QED) is 0.787. The molecule has 6 heteroatoms. The summed E-state index contributed by atoms with van der Waals surface area (Å²) in [5.41, 5.74) is 1.25. The van der Waals surface area contributed by atoms with Gasteiger partial charge in [-0.3, -0.25) is 9.59 Å². The van der Waals surface area contributed by atoms with Crippen LogP contribution in [0.4, 0.5) is 5.69 Å². The van der Waals surface area contributed by atoms with Crippen molar-refractivity contribution in [3.05, 3.63) is 54.1 Å². The van der Waals surface area contributed by atoms with E-state index in [0.717, 1.165) is 5.69 Å². The van der Waals surface area contributed by atoms with Gasteiger partial charge in [0.15, 0.2) is 11.5 Å². The highest BCUT2D eigenvalue weighted by Crippen LogP contribution is 2.33. The SMILES string of the molecule is CCN(C(=O)c1cccc(OC)c1OC)C1CCN(c2ccccc2)C1=O. The van der Waals surface area contributed by atoms with Crippen LogP contribution in [-0.4, -0.2) is 50.1 Å². The first-order valence-electron chi connectivity index (χ1n) is 9.00. The second-order valence-electron chi connectivity index (χ2n) is 6.26. The van der Waals surface area contributed by atoms with Crippen LogP contribution in [-0.2, 0) is 4.79 Å². The molecule has 6 nitrogen and oxygen atoms in total. The molecule has 1 heterocycles. The molecule has 2 aromatic carbocycles. The number of ether oxygens (including phenoxy) is 2. The Morgan fingerprint density at radius 3 is 2.48 bits per heavy atom. The van der Waals surface area contributed by atoms with Gasteiger partial charge in [-0.15, -0.1) is 0 Å². The van der Waals surface area contributed by atoms with Crippen molar-refractivity contribution in [2.24, 2.45) is 0 Å². The molecule has 1 fully saturated rings. The van der Waals surface area contributed by atoms with Crippen LogP contribution in [0.2, 0.25) is 0 Å². The average Bonchev–Trinajstić information content (AvgIpc) is 3.09. The molecule has 2 aromatic rings. The number of nitrogens with zero attached hydrogens (tertiary/aromatic N) is 2. The minimum atomic E-state index is -0.487. The van der Waals surface area contributed by atoms with Crippen molar-refractivity contribution in [3.63, 3.8) is 0 Å². The van der Waals surface area contributed by atoms with Gasteiger partial charge in [-0.2, -0.15) is 0 Å². The van der Waals surface area contributed by atoms with E-state index in [1.165, 1.54) is 14.2 Å². The van der Waals surface area contributed by atoms with E-state index < -0.39 is 6.04 Å². The van der Waals surface area contributed by atoms with Crippen molar-refractivity contribution < 1.29 is 19.1 Å². The Morgan fingerprint density at radius 2 is 1.85 bits per heavy atom. The third-order valence-corrected chi connectivity index (χ3v) is 4.86. The lowest BCUT2D eigenvalue weighted by atomic mass is 10.1. The van der Waals surface area contributed by atoms with Gasteiger partial charge in [0.25, 0.3) is 5.91 Å². The Kier molecular flexibility index (Phi) is 5.64. The zero-order valence-electron chi connectivity index (χ0n) is 15.8. The summed E-state index contributed by atoms with van der Waals surface area (Å²) >= 11 is 0. The summed E-state index contributed by atoms with van der Waals surface area (Å²) < 4.78 is 10.7. The van der Waals surface area contributed by atoms with Crippen LogP contribution in [0.3, 0.4) is 0 Å². The van der Waals surface area contributed by atoms with Gasteiger partial charge in [0.2, 0.25) is 5.91 Å². The van der Waals surface area contributed by atoms with E-state index in [1.54, 1.807) is 28.0 Å². The van der Waals surface area contributed by atoms with Crippen molar-refractivity contribution >= 4 is 17.5 Å². The van der Waals surface area contributed by atoms with E-state index in [4.69, 9.17) is 9.47 Å². The summed E-state index contributed by atoms with van der Waals surface area (Å²) in [5.74, 6) is 0.580. The summed E-state index contributed by atoms with van der Waals surface area (Å²) in [6.45, 7) is 2.90. The number of rotatable bonds is 6. The van der Waals surface area contributed by atoms with Gasteiger partial charge in [-0.1, -0.05) is 24.3 Å². The lowest BCUT2D eigenvalue weighted by Crippen LogP contribution is -2.45. The van der Waals surface area contributed by atoms with Crippen LogP contribution in [0.1, 0.15) is 23.7 Å². The number of hydrogen-bond donors (Lipinski definition) is 0. The lowest BCUT2D eigenvalue weighted by molar-refractivity contribution is -0.120. The molecule has 3 rings (SSSR count). The van der Waals surface area contributed by atoms with Crippen LogP contribution >= 0.6 is 0 Å². The molecular weight excluding hydrogens is 344 g/mol. The number of carbonyl (C=O) groups excluding carboxylic acids is 2. The molecule has 0 N–H and O–H groups in total. The minimum Gasteiger partial charge on any atom is -0.493 e. The summed E-state index contributed by atoms with van der Waals surface area (Å²) in [5, 5.41) is 0. The molecule has 1 unspecified atom stereocenters. The molecular formula is C21H24N2O4. The van der Waals surface area contributed by atoms with Gasteiger partial charge in [0, 0.05) is 18.8 Å². The largest absolute Gasteiger partial charge is 0.493 e. The van der Waals surface area contributed by atoms with Crippen molar-refractivity contribution in [1.82, 2.24) is 4.90 Å². The van der Waals surface area contributed by atoms with E-state index in [-0.39, 0.29) is 11.8 Å². The lowest BCUT2D eigenvalue weighted by Gasteiger charge is -2.27. The summed E-state index contributed by atoms with van der Waals surface area (Å²) in [6, 6.07) is 14.2. The Balaban J connectivity index is 1.88. The summed E-state index contributed by atoms with van der Waals surface area (Å²) in [4.78, 5) is 29.6. The number of para-hydroxylation sites is 2. The van der Waals surface area contributed by atoms with Gasteiger partial charge in [-0.05, 0) is 37.6 Å². The Hall–Kier alpha value is -3.02. The van der Waals surface area contributed by atoms with Crippen molar-refractivity contribution in [2.45, 2.75) is 19.4 Å². The van der Waals surface area contributed by atoms with Gasteiger partial charge in [-0.25, -0.2) is 0 Å². The Labute approximate surface area is 159 Å². The maximum atomic E-state index is 13.2. The maximum Gasteiger partial charge on any atom is 0.258 e. The number of hydrogen-bond acceptors (Lipinski definition) is 4. The molecule has 1 aliphatic heterocycles. The number of anilines is 1. The smallest absolute Gasteiger partial charge is 0.258 e. The number of amides is 2. The molecule has 142 valence electrons. The van der Waals surface area contributed by atoms with Crippen LogP contribution in [0, 0.1) is 0 Å². The van der Waals surface area contributed by atoms with Crippen LogP contribution < -0.4 is 14.4 Å². The average molecular weight is 368 g/mol. The first-order valence-corrected chi connectivity index (χ1v) is 9.00. The predicted octanol–water partition coefficient (Wildman–Crippen LogP) is 2.97. The second kappa shape index (κ2) is 8.12. The molecule has 0 saturated carbocycles. The molecule has 0 spiro atoms. The van der Waals surface area contributed by atoms with E-state index in [9.17, 15) is 9.59 Å². The van der Waals surface area contributed by atoms with Gasteiger partial charge < -0.3 is 19.3 Å². The van der Waals surface area contributed by atoms with Crippen molar-refractivity contribution in [2.75, 3.05) is 32.2 Å². The Morgan fingerprint density at radius 1 is 1.11 bits per heavy atom. The molecule has 0 aromatic heterocycles. The minimum absolute atomic E-state index is 0.0572. The third kappa shape index (κ3) is 3.47. The van der Waals surface area contributed by atoms with Crippen LogP contribution in [0.15, 0.2) is 48.5 Å². The molecule has 1 aliphatic rings. The fraction of sp³-hybridized carbons (Fsp3) is 0.333. The Bertz CT molecular complexity index is 822. The highest BCUT2D eigenvalue weighted by atomic mass is 16.5. The number of carbonyl (C=O) groups is 2. The van der Waals surface area contributed by atoms with Crippen molar-refractivity contribution in [1.29, 1.82) is 0 Å². The molecule has 2 amide bonds. The number of benzene rings is 2. The normalized spacial score (nSPS) is 16.3. The first kappa shape index (κ1) is 18.8. The zero-order valence-corrected chi connectivity index (χ0v) is 15.8. The summed E-state index contributed by atoms with van der Waals surface area (Å²) in [7, 11) is 3.03. The fourth-order valence-corrected chi connectivity index (χ4v) is 3.53.